The minimum absolute atomic E-state index is 0.0185. The van der Waals surface area contributed by atoms with Crippen molar-refractivity contribution < 1.29 is 9.53 Å². The van der Waals surface area contributed by atoms with Crippen LogP contribution in [0, 0.1) is 16.7 Å². The number of carbonyl (C=O) groups is 1. The first kappa shape index (κ1) is 14.0. The van der Waals surface area contributed by atoms with Crippen molar-refractivity contribution in [1.29, 1.82) is 0 Å². The van der Waals surface area contributed by atoms with Gasteiger partial charge in [0, 0.05) is 10.8 Å². The summed E-state index contributed by atoms with van der Waals surface area (Å²) in [5.41, 5.74) is 2.78. The molecule has 4 atom stereocenters. The molecule has 3 aliphatic carbocycles. The lowest BCUT2D eigenvalue weighted by Gasteiger charge is -2.54. The average Bonchev–Trinajstić information content (AvgIpc) is 2.78. The first-order chi connectivity index (χ1) is 10.5. The quantitative estimate of drug-likeness (QED) is 0.773. The molecule has 1 fully saturated rings. The van der Waals surface area contributed by atoms with Crippen LogP contribution in [0.15, 0.2) is 30.4 Å². The first-order valence-electron chi connectivity index (χ1n) is 8.40. The third-order valence-electron chi connectivity index (χ3n) is 7.00. The van der Waals surface area contributed by atoms with E-state index >= 15 is 0 Å². The number of ketones is 1. The van der Waals surface area contributed by atoms with Crippen LogP contribution in [0.25, 0.3) is 0 Å². The minimum Gasteiger partial charge on any atom is -0.497 e. The molecule has 1 saturated carbocycles. The van der Waals surface area contributed by atoms with Crippen LogP contribution in [0.2, 0.25) is 0 Å². The van der Waals surface area contributed by atoms with Gasteiger partial charge in [0.05, 0.1) is 7.11 Å². The predicted molar refractivity (Wildman–Crippen MR) is 87.1 cm³/mol. The first-order valence-corrected chi connectivity index (χ1v) is 8.40. The van der Waals surface area contributed by atoms with Crippen LogP contribution in [0.4, 0.5) is 0 Å². The fourth-order valence-electron chi connectivity index (χ4n) is 5.34. The maximum atomic E-state index is 12.4. The lowest BCUT2D eigenvalue weighted by molar-refractivity contribution is -0.132. The smallest absolute Gasteiger partial charge is 0.162 e. The Hall–Kier alpha value is -1.57. The van der Waals surface area contributed by atoms with E-state index in [0.717, 1.165) is 25.0 Å². The second-order valence-electron chi connectivity index (χ2n) is 7.67. The van der Waals surface area contributed by atoms with Gasteiger partial charge in [-0.1, -0.05) is 26.0 Å². The molecule has 0 unspecified atom stereocenters. The largest absolute Gasteiger partial charge is 0.497 e. The van der Waals surface area contributed by atoms with Gasteiger partial charge in [-0.3, -0.25) is 4.79 Å². The molecular weight excluding hydrogens is 272 g/mol. The van der Waals surface area contributed by atoms with Crippen molar-refractivity contribution in [3.63, 3.8) is 0 Å². The van der Waals surface area contributed by atoms with Crippen LogP contribution in [-0.2, 0) is 11.2 Å². The molecule has 0 bridgehead atoms. The van der Waals surface area contributed by atoms with Crippen molar-refractivity contribution in [2.24, 2.45) is 16.7 Å². The maximum absolute atomic E-state index is 12.4. The van der Waals surface area contributed by atoms with E-state index in [0.29, 0.717) is 17.6 Å². The molecule has 116 valence electrons. The molecule has 0 aromatic heterocycles. The Morgan fingerprint density at radius 3 is 2.82 bits per heavy atom. The van der Waals surface area contributed by atoms with Crippen LogP contribution in [-0.4, -0.2) is 12.9 Å². The van der Waals surface area contributed by atoms with Crippen LogP contribution in [0.3, 0.4) is 0 Å². The highest BCUT2D eigenvalue weighted by atomic mass is 16.5. The SMILES string of the molecule is COc1ccc2c(c1)CC[C@@H]1[C@@H]2CC[C@]2(C)C(=O)C=C[C@]12C. The number of fused-ring (bicyclic) bond motifs is 5. The van der Waals surface area contributed by atoms with Crippen LogP contribution < -0.4 is 4.74 Å². The zero-order chi connectivity index (χ0) is 15.5. The summed E-state index contributed by atoms with van der Waals surface area (Å²) in [5, 5.41) is 0. The number of carbonyl (C=O) groups excluding carboxylic acids is 1. The number of rotatable bonds is 1. The van der Waals surface area contributed by atoms with E-state index in [4.69, 9.17) is 4.74 Å². The van der Waals surface area contributed by atoms with Gasteiger partial charge in [0.15, 0.2) is 5.78 Å². The number of hydrogen-bond acceptors (Lipinski definition) is 2. The van der Waals surface area contributed by atoms with E-state index in [-0.39, 0.29) is 10.8 Å². The zero-order valence-electron chi connectivity index (χ0n) is 13.7. The van der Waals surface area contributed by atoms with Gasteiger partial charge in [-0.15, -0.1) is 0 Å². The van der Waals surface area contributed by atoms with Gasteiger partial charge in [-0.2, -0.15) is 0 Å². The van der Waals surface area contributed by atoms with Crippen LogP contribution in [0.1, 0.15) is 50.2 Å². The van der Waals surface area contributed by atoms with Gasteiger partial charge in [-0.25, -0.2) is 0 Å². The van der Waals surface area contributed by atoms with Crippen molar-refractivity contribution in [2.75, 3.05) is 7.11 Å². The van der Waals surface area contributed by atoms with Gasteiger partial charge >= 0.3 is 0 Å². The minimum atomic E-state index is -0.182. The Kier molecular flexibility index (Phi) is 2.85. The molecule has 22 heavy (non-hydrogen) atoms. The zero-order valence-corrected chi connectivity index (χ0v) is 13.7. The van der Waals surface area contributed by atoms with E-state index < -0.39 is 0 Å². The van der Waals surface area contributed by atoms with Gasteiger partial charge < -0.3 is 4.74 Å². The van der Waals surface area contributed by atoms with Crippen molar-refractivity contribution in [3.8, 4) is 5.75 Å². The third kappa shape index (κ3) is 1.59. The Balaban J connectivity index is 1.77. The molecular formula is C20H24O2. The Morgan fingerprint density at radius 2 is 2.05 bits per heavy atom. The monoisotopic (exact) mass is 296 g/mol. The summed E-state index contributed by atoms with van der Waals surface area (Å²) >= 11 is 0. The van der Waals surface area contributed by atoms with Crippen molar-refractivity contribution in [3.05, 3.63) is 41.5 Å². The molecule has 0 heterocycles. The van der Waals surface area contributed by atoms with E-state index in [1.165, 1.54) is 17.5 Å². The number of allylic oxidation sites excluding steroid dienone is 2. The maximum Gasteiger partial charge on any atom is 0.162 e. The van der Waals surface area contributed by atoms with E-state index in [1.54, 1.807) is 7.11 Å². The second kappa shape index (κ2) is 4.47. The number of ether oxygens (including phenoxy) is 1. The molecule has 1 aromatic carbocycles. The number of aryl methyl sites for hydroxylation is 1. The van der Waals surface area contributed by atoms with Crippen molar-refractivity contribution >= 4 is 5.78 Å². The van der Waals surface area contributed by atoms with Gasteiger partial charge in [0.1, 0.15) is 5.75 Å². The molecule has 1 aromatic rings. The Labute approximate surface area is 132 Å². The molecule has 3 aliphatic rings. The van der Waals surface area contributed by atoms with Crippen LogP contribution >= 0.6 is 0 Å². The molecule has 4 rings (SSSR count). The topological polar surface area (TPSA) is 26.3 Å². The molecule has 2 heteroatoms. The normalized spacial score (nSPS) is 39.1. The molecule has 0 amide bonds. The summed E-state index contributed by atoms with van der Waals surface area (Å²) in [6, 6.07) is 6.56. The summed E-state index contributed by atoms with van der Waals surface area (Å²) in [5.74, 6) is 2.46. The van der Waals surface area contributed by atoms with Gasteiger partial charge in [0.2, 0.25) is 0 Å². The predicted octanol–water partition coefficient (Wildman–Crippen LogP) is 4.29. The Bertz CT molecular complexity index is 674. The number of hydrogen-bond donors (Lipinski definition) is 0. The van der Waals surface area contributed by atoms with Crippen molar-refractivity contribution in [2.45, 2.75) is 45.4 Å². The van der Waals surface area contributed by atoms with E-state index in [1.807, 2.05) is 6.08 Å². The van der Waals surface area contributed by atoms with E-state index in [9.17, 15) is 4.79 Å². The van der Waals surface area contributed by atoms with Crippen LogP contribution in [0.5, 0.6) is 5.75 Å². The molecule has 0 N–H and O–H groups in total. The molecule has 0 saturated heterocycles. The van der Waals surface area contributed by atoms with Gasteiger partial charge in [0.25, 0.3) is 0 Å². The fourth-order valence-corrected chi connectivity index (χ4v) is 5.34. The third-order valence-corrected chi connectivity index (χ3v) is 7.00. The summed E-state index contributed by atoms with van der Waals surface area (Å²) < 4.78 is 5.38. The number of methoxy groups -OCH3 is 1. The summed E-state index contributed by atoms with van der Waals surface area (Å²) in [7, 11) is 1.73. The molecule has 0 spiro atoms. The van der Waals surface area contributed by atoms with Crippen molar-refractivity contribution in [1.82, 2.24) is 0 Å². The second-order valence-corrected chi connectivity index (χ2v) is 7.67. The fraction of sp³-hybridized carbons (Fsp3) is 0.550. The standard InChI is InChI=1S/C20H24O2/c1-19-11-9-18(21)20(19,2)10-8-16-15-6-5-14(22-3)12-13(15)4-7-17(16)19/h5-6,9,11-12,16-17H,4,7-8,10H2,1-3H3/t16-,17-,19-,20-/m1/s1. The highest BCUT2D eigenvalue weighted by Gasteiger charge is 2.59. The summed E-state index contributed by atoms with van der Waals surface area (Å²) in [4.78, 5) is 12.4. The summed E-state index contributed by atoms with van der Waals surface area (Å²) in [6.45, 7) is 4.51. The highest BCUT2D eigenvalue weighted by molar-refractivity contribution is 5.98. The highest BCUT2D eigenvalue weighted by Crippen LogP contribution is 2.64. The molecule has 0 radical (unpaired) electrons. The van der Waals surface area contributed by atoms with E-state index in [2.05, 4.69) is 38.1 Å². The summed E-state index contributed by atoms with van der Waals surface area (Å²) in [6.07, 6.45) is 8.48. The lowest BCUT2D eigenvalue weighted by Crippen LogP contribution is -2.50. The molecule has 0 aliphatic heterocycles. The lowest BCUT2D eigenvalue weighted by atomic mass is 9.48. The van der Waals surface area contributed by atoms with Gasteiger partial charge in [-0.05, 0) is 66.9 Å². The Morgan fingerprint density at radius 1 is 1.23 bits per heavy atom. The molecule has 2 nitrogen and oxygen atoms in total. The average molecular weight is 296 g/mol. The number of benzene rings is 1.